The molecule has 8 heteroatoms. The molecule has 1 unspecified atom stereocenters. The smallest absolute Gasteiger partial charge is 0.308 e. The number of aryl methyl sites for hydroxylation is 1. The lowest BCUT2D eigenvalue weighted by atomic mass is 9.75. The molecule has 0 radical (unpaired) electrons. The first-order chi connectivity index (χ1) is 16.8. The predicted octanol–water partition coefficient (Wildman–Crippen LogP) is 6.61. The van der Waals surface area contributed by atoms with Crippen molar-refractivity contribution in [3.8, 4) is 11.3 Å². The second-order valence-electron chi connectivity index (χ2n) is 9.21. The van der Waals surface area contributed by atoms with Crippen molar-refractivity contribution in [2.45, 2.75) is 51.9 Å². The molecule has 3 aromatic rings. The van der Waals surface area contributed by atoms with Crippen molar-refractivity contribution in [3.05, 3.63) is 65.6 Å². The summed E-state index contributed by atoms with van der Waals surface area (Å²) >= 11 is 0. The third kappa shape index (κ3) is 5.99. The number of nitrogens with one attached hydrogen (secondary N) is 1. The molecule has 3 heterocycles. The largest absolute Gasteiger partial charge is 0.469 e. The Bertz CT molecular complexity index is 1160. The molecular formula is C27H30F2N4O2. The Morgan fingerprint density at radius 1 is 1.06 bits per heavy atom. The van der Waals surface area contributed by atoms with E-state index in [0.29, 0.717) is 23.5 Å². The Morgan fingerprint density at radius 3 is 2.49 bits per heavy atom. The molecule has 0 aliphatic heterocycles. The second kappa shape index (κ2) is 10.9. The maximum atomic E-state index is 13.0. The number of anilines is 2. The summed E-state index contributed by atoms with van der Waals surface area (Å²) in [6.07, 6.45) is 4.31. The third-order valence-corrected chi connectivity index (χ3v) is 6.82. The van der Waals surface area contributed by atoms with Crippen LogP contribution in [0.5, 0.6) is 0 Å². The molecule has 184 valence electrons. The molecule has 0 aromatic carbocycles. The second-order valence-corrected chi connectivity index (χ2v) is 9.21. The van der Waals surface area contributed by atoms with Gasteiger partial charge in [-0.05, 0) is 80.5 Å². The standard InChI is InChI=1S/C27H30F2N4O2/c1-16-12-23(32-25(13-16)33-24-14-20(26(28)29)10-11-30-24)21-8-9-22(31-15-21)17(2)18-4-6-19(7-5-18)27(34)35-3/h8-15,17-19,26H,4-7H2,1-3H3,(H,30,32,33). The maximum absolute atomic E-state index is 13.0. The van der Waals surface area contributed by atoms with Gasteiger partial charge in [-0.3, -0.25) is 9.78 Å². The highest BCUT2D eigenvalue weighted by atomic mass is 19.3. The van der Waals surface area contributed by atoms with E-state index in [1.54, 1.807) is 0 Å². The normalized spacial score (nSPS) is 18.8. The molecule has 35 heavy (non-hydrogen) atoms. The highest BCUT2D eigenvalue weighted by Crippen LogP contribution is 2.38. The number of carbonyl (C=O) groups excluding carboxylic acids is 1. The number of hydrogen-bond acceptors (Lipinski definition) is 6. The summed E-state index contributed by atoms with van der Waals surface area (Å²) in [5.41, 5.74) is 3.51. The first-order valence-corrected chi connectivity index (χ1v) is 11.9. The lowest BCUT2D eigenvalue weighted by molar-refractivity contribution is -0.146. The van der Waals surface area contributed by atoms with Gasteiger partial charge in [-0.15, -0.1) is 0 Å². The number of hydrogen-bond donors (Lipinski definition) is 1. The number of alkyl halides is 2. The number of rotatable bonds is 7. The van der Waals surface area contributed by atoms with Crippen LogP contribution in [0.2, 0.25) is 0 Å². The van der Waals surface area contributed by atoms with E-state index in [1.807, 2.05) is 37.4 Å². The monoisotopic (exact) mass is 480 g/mol. The minimum absolute atomic E-state index is 0.0158. The molecule has 0 bridgehead atoms. The van der Waals surface area contributed by atoms with Crippen LogP contribution in [0, 0.1) is 18.8 Å². The van der Waals surface area contributed by atoms with Gasteiger partial charge in [-0.1, -0.05) is 6.92 Å². The first-order valence-electron chi connectivity index (χ1n) is 11.9. The molecular weight excluding hydrogens is 450 g/mol. The van der Waals surface area contributed by atoms with Gasteiger partial charge in [0.1, 0.15) is 11.6 Å². The minimum Gasteiger partial charge on any atom is -0.469 e. The highest BCUT2D eigenvalue weighted by molar-refractivity contribution is 5.72. The van der Waals surface area contributed by atoms with Crippen molar-refractivity contribution in [3.63, 3.8) is 0 Å². The average Bonchev–Trinajstić information content (AvgIpc) is 2.88. The fourth-order valence-corrected chi connectivity index (χ4v) is 4.75. The number of nitrogens with zero attached hydrogens (tertiary/aromatic N) is 3. The lowest BCUT2D eigenvalue weighted by Crippen LogP contribution is -2.25. The van der Waals surface area contributed by atoms with E-state index in [2.05, 4.69) is 22.2 Å². The Balaban J connectivity index is 1.46. The fraction of sp³-hybridized carbons (Fsp3) is 0.407. The van der Waals surface area contributed by atoms with Gasteiger partial charge >= 0.3 is 5.97 Å². The van der Waals surface area contributed by atoms with Crippen molar-refractivity contribution < 1.29 is 18.3 Å². The Hall–Kier alpha value is -3.42. The molecule has 1 N–H and O–H groups in total. The van der Waals surface area contributed by atoms with Gasteiger partial charge in [0.15, 0.2) is 0 Å². The van der Waals surface area contributed by atoms with Crippen LogP contribution in [0.25, 0.3) is 11.3 Å². The number of carbonyl (C=O) groups is 1. The number of esters is 1. The summed E-state index contributed by atoms with van der Waals surface area (Å²) in [5, 5.41) is 3.03. The van der Waals surface area contributed by atoms with Crippen LogP contribution in [0.3, 0.4) is 0 Å². The van der Waals surface area contributed by atoms with Crippen LogP contribution in [-0.2, 0) is 9.53 Å². The quantitative estimate of drug-likeness (QED) is 0.383. The van der Waals surface area contributed by atoms with Gasteiger partial charge < -0.3 is 10.1 Å². The molecule has 3 aromatic heterocycles. The molecule has 1 aliphatic carbocycles. The zero-order chi connectivity index (χ0) is 24.9. The number of halogens is 2. The molecule has 4 rings (SSSR count). The number of aromatic nitrogens is 3. The minimum atomic E-state index is -2.56. The van der Waals surface area contributed by atoms with E-state index in [4.69, 9.17) is 9.72 Å². The van der Waals surface area contributed by atoms with Crippen LogP contribution in [0.1, 0.15) is 61.8 Å². The van der Waals surface area contributed by atoms with Gasteiger partial charge in [0, 0.05) is 35.1 Å². The van der Waals surface area contributed by atoms with Gasteiger partial charge in [0.25, 0.3) is 6.43 Å². The van der Waals surface area contributed by atoms with Crippen LogP contribution in [-0.4, -0.2) is 28.0 Å². The van der Waals surface area contributed by atoms with Gasteiger partial charge in [-0.2, -0.15) is 0 Å². The molecule has 1 saturated carbocycles. The Labute approximate surface area is 204 Å². The molecule has 1 aliphatic rings. The van der Waals surface area contributed by atoms with Gasteiger partial charge in [0.2, 0.25) is 0 Å². The first kappa shape index (κ1) is 24.7. The maximum Gasteiger partial charge on any atom is 0.308 e. The summed E-state index contributed by atoms with van der Waals surface area (Å²) in [4.78, 5) is 25.3. The summed E-state index contributed by atoms with van der Waals surface area (Å²) in [7, 11) is 1.45. The molecule has 0 spiro atoms. The zero-order valence-electron chi connectivity index (χ0n) is 20.2. The van der Waals surface area contributed by atoms with Crippen molar-refractivity contribution >= 4 is 17.6 Å². The van der Waals surface area contributed by atoms with E-state index in [0.717, 1.165) is 48.2 Å². The molecule has 0 saturated heterocycles. The van der Waals surface area contributed by atoms with E-state index in [1.165, 1.54) is 25.4 Å². The predicted molar refractivity (Wildman–Crippen MR) is 131 cm³/mol. The van der Waals surface area contributed by atoms with Crippen molar-refractivity contribution in [2.24, 2.45) is 11.8 Å². The van der Waals surface area contributed by atoms with Crippen LogP contribution in [0.4, 0.5) is 20.4 Å². The Kier molecular flexibility index (Phi) is 7.68. The van der Waals surface area contributed by atoms with Crippen LogP contribution in [0.15, 0.2) is 48.8 Å². The molecule has 0 amide bonds. The van der Waals surface area contributed by atoms with Crippen LogP contribution >= 0.6 is 0 Å². The topological polar surface area (TPSA) is 77.0 Å². The summed E-state index contributed by atoms with van der Waals surface area (Å²) in [5.74, 6) is 1.53. The fourth-order valence-electron chi connectivity index (χ4n) is 4.75. The SMILES string of the molecule is COC(=O)C1CCC(C(C)c2ccc(-c3cc(C)cc(Nc4cc(C(F)F)ccn4)n3)cn2)CC1. The average molecular weight is 481 g/mol. The van der Waals surface area contributed by atoms with Crippen LogP contribution < -0.4 is 5.32 Å². The van der Waals surface area contributed by atoms with Gasteiger partial charge in [-0.25, -0.2) is 18.7 Å². The third-order valence-electron chi connectivity index (χ3n) is 6.82. The Morgan fingerprint density at radius 2 is 1.83 bits per heavy atom. The number of pyridine rings is 3. The number of ether oxygens (including phenoxy) is 1. The van der Waals surface area contributed by atoms with Crippen molar-refractivity contribution in [1.29, 1.82) is 0 Å². The van der Waals surface area contributed by atoms with E-state index in [9.17, 15) is 13.6 Å². The van der Waals surface area contributed by atoms with E-state index in [-0.39, 0.29) is 17.5 Å². The van der Waals surface area contributed by atoms with Crippen molar-refractivity contribution in [1.82, 2.24) is 15.0 Å². The van der Waals surface area contributed by atoms with E-state index < -0.39 is 6.43 Å². The summed E-state index contributed by atoms with van der Waals surface area (Å²) < 4.78 is 30.9. The van der Waals surface area contributed by atoms with Crippen molar-refractivity contribution in [2.75, 3.05) is 12.4 Å². The molecule has 1 fully saturated rings. The zero-order valence-corrected chi connectivity index (χ0v) is 20.2. The highest BCUT2D eigenvalue weighted by Gasteiger charge is 2.30. The summed E-state index contributed by atoms with van der Waals surface area (Å²) in [6.45, 7) is 4.15. The molecule has 1 atom stereocenters. The summed E-state index contributed by atoms with van der Waals surface area (Å²) in [6, 6.07) is 10.5. The van der Waals surface area contributed by atoms with Gasteiger partial charge in [0.05, 0.1) is 18.7 Å². The number of methoxy groups -OCH3 is 1. The van der Waals surface area contributed by atoms with E-state index >= 15 is 0 Å². The lowest BCUT2D eigenvalue weighted by Gasteiger charge is -2.30. The molecule has 6 nitrogen and oxygen atoms in total.